The van der Waals surface area contributed by atoms with Gasteiger partial charge >= 0.3 is 0 Å². The first kappa shape index (κ1) is 18.5. The summed E-state index contributed by atoms with van der Waals surface area (Å²) in [5.74, 6) is 0.590. The van der Waals surface area contributed by atoms with Crippen LogP contribution >= 0.6 is 0 Å². The first-order chi connectivity index (χ1) is 11.7. The molecule has 24 heavy (non-hydrogen) atoms. The third-order valence-electron chi connectivity index (χ3n) is 5.36. The van der Waals surface area contributed by atoms with Crippen molar-refractivity contribution in [2.24, 2.45) is 11.3 Å². The maximum Gasteiger partial charge on any atom is -0.00608 e. The molecule has 128 valence electrons. The van der Waals surface area contributed by atoms with Crippen LogP contribution in [0.1, 0.15) is 56.9 Å². The lowest BCUT2D eigenvalue weighted by molar-refractivity contribution is 0.256. The van der Waals surface area contributed by atoms with Crippen LogP contribution in [-0.4, -0.2) is 0 Å². The zero-order valence-electron chi connectivity index (χ0n) is 16.0. The maximum atomic E-state index is 4.43. The van der Waals surface area contributed by atoms with Gasteiger partial charge in [-0.05, 0) is 58.4 Å². The van der Waals surface area contributed by atoms with Crippen molar-refractivity contribution in [3.05, 3.63) is 77.4 Å². The highest BCUT2D eigenvalue weighted by Crippen LogP contribution is 2.51. The largest absolute Gasteiger partial charge is 0.0949 e. The summed E-state index contributed by atoms with van der Waals surface area (Å²) >= 11 is 0. The highest BCUT2D eigenvalue weighted by atomic mass is 14.5. The van der Waals surface area contributed by atoms with E-state index < -0.39 is 0 Å². The van der Waals surface area contributed by atoms with Crippen molar-refractivity contribution in [3.63, 3.8) is 0 Å². The Labute approximate surface area is 148 Å². The second-order valence-electron chi connectivity index (χ2n) is 6.72. The minimum Gasteiger partial charge on any atom is -0.0949 e. The summed E-state index contributed by atoms with van der Waals surface area (Å²) in [5.41, 5.74) is 7.66. The van der Waals surface area contributed by atoms with Crippen LogP contribution in [0.15, 0.2) is 55.1 Å². The van der Waals surface area contributed by atoms with Crippen LogP contribution in [0.5, 0.6) is 0 Å². The van der Waals surface area contributed by atoms with Crippen molar-refractivity contribution >= 4 is 5.57 Å². The molecule has 0 N–H and O–H groups in total. The van der Waals surface area contributed by atoms with E-state index in [0.717, 1.165) is 0 Å². The van der Waals surface area contributed by atoms with Crippen LogP contribution in [0, 0.1) is 11.3 Å². The minimum atomic E-state index is 0.333. The van der Waals surface area contributed by atoms with Crippen molar-refractivity contribution in [2.75, 3.05) is 0 Å². The van der Waals surface area contributed by atoms with Crippen LogP contribution in [0.3, 0.4) is 0 Å². The number of allylic oxidation sites excluding steroid dienone is 1. The van der Waals surface area contributed by atoms with Gasteiger partial charge in [-0.1, -0.05) is 89.7 Å². The van der Waals surface area contributed by atoms with Crippen molar-refractivity contribution in [1.29, 1.82) is 0 Å². The Morgan fingerprint density at radius 1 is 0.792 bits per heavy atom. The second kappa shape index (κ2) is 7.83. The van der Waals surface area contributed by atoms with Gasteiger partial charge in [0.1, 0.15) is 0 Å². The molecule has 0 fully saturated rings. The molecule has 0 saturated heterocycles. The quantitative estimate of drug-likeness (QED) is 0.546. The fourth-order valence-corrected chi connectivity index (χ4v) is 4.29. The summed E-state index contributed by atoms with van der Waals surface area (Å²) in [6.07, 6.45) is 3.56. The van der Waals surface area contributed by atoms with E-state index in [1.54, 1.807) is 11.1 Å². The van der Waals surface area contributed by atoms with Crippen molar-refractivity contribution in [1.82, 2.24) is 0 Å². The lowest BCUT2D eigenvalue weighted by atomic mass is 9.71. The number of benzene rings is 2. The Morgan fingerprint density at radius 2 is 1.25 bits per heavy atom. The molecule has 1 unspecified atom stereocenters. The molecule has 1 atom stereocenters. The van der Waals surface area contributed by atoms with Crippen LogP contribution in [0.25, 0.3) is 5.57 Å². The number of rotatable bonds is 1. The summed E-state index contributed by atoms with van der Waals surface area (Å²) in [6, 6.07) is 17.7. The third-order valence-corrected chi connectivity index (χ3v) is 5.36. The van der Waals surface area contributed by atoms with Gasteiger partial charge < -0.3 is 0 Å². The predicted octanol–water partition coefficient (Wildman–Crippen LogP) is 6.73. The molecular formula is C24H32. The Morgan fingerprint density at radius 3 is 1.75 bits per heavy atom. The predicted molar refractivity (Wildman–Crippen MR) is 107 cm³/mol. The summed E-state index contributed by atoms with van der Waals surface area (Å²) in [7, 11) is 0. The lowest BCUT2D eigenvalue weighted by Gasteiger charge is -2.32. The Kier molecular flexibility index (Phi) is 6.04. The van der Waals surface area contributed by atoms with Gasteiger partial charge in [0.05, 0.1) is 0 Å². The number of hydrogen-bond acceptors (Lipinski definition) is 0. The van der Waals surface area contributed by atoms with E-state index in [0.29, 0.717) is 11.3 Å². The summed E-state index contributed by atoms with van der Waals surface area (Å²) in [4.78, 5) is 0. The molecule has 2 aliphatic carbocycles. The van der Waals surface area contributed by atoms with Crippen LogP contribution in [0.2, 0.25) is 0 Å². The van der Waals surface area contributed by atoms with Crippen LogP contribution in [0.4, 0.5) is 0 Å². The van der Waals surface area contributed by atoms with E-state index in [1.807, 2.05) is 27.7 Å². The van der Waals surface area contributed by atoms with Gasteiger partial charge in [0.2, 0.25) is 0 Å². The normalized spacial score (nSPS) is 19.4. The van der Waals surface area contributed by atoms with Gasteiger partial charge in [-0.2, -0.15) is 0 Å². The third kappa shape index (κ3) is 3.20. The van der Waals surface area contributed by atoms with Crippen molar-refractivity contribution in [2.45, 2.75) is 53.9 Å². The summed E-state index contributed by atoms with van der Waals surface area (Å²) in [6.45, 7) is 14.9. The lowest BCUT2D eigenvalue weighted by Crippen LogP contribution is -2.28. The zero-order valence-corrected chi connectivity index (χ0v) is 16.0. The highest BCUT2D eigenvalue weighted by Gasteiger charge is 2.43. The fraction of sp³-hybridized carbons (Fsp3) is 0.417. The second-order valence-corrected chi connectivity index (χ2v) is 6.72. The van der Waals surface area contributed by atoms with E-state index in [1.165, 1.54) is 36.0 Å². The van der Waals surface area contributed by atoms with E-state index in [2.05, 4.69) is 62.0 Å². The molecule has 0 nitrogen and oxygen atoms in total. The monoisotopic (exact) mass is 320 g/mol. The molecular weight excluding hydrogens is 288 g/mol. The van der Waals surface area contributed by atoms with E-state index in [9.17, 15) is 0 Å². The van der Waals surface area contributed by atoms with Gasteiger partial charge in [0.15, 0.2) is 0 Å². The number of fused-ring (bicyclic) bond motifs is 2. The van der Waals surface area contributed by atoms with Gasteiger partial charge in [-0.3, -0.25) is 0 Å². The summed E-state index contributed by atoms with van der Waals surface area (Å²) < 4.78 is 0. The van der Waals surface area contributed by atoms with E-state index in [-0.39, 0.29) is 0 Å². The molecule has 0 amide bonds. The molecule has 0 heteroatoms. The topological polar surface area (TPSA) is 0 Å². The molecule has 0 saturated carbocycles. The molecule has 0 aliphatic heterocycles. The Hall–Kier alpha value is -1.82. The summed E-state index contributed by atoms with van der Waals surface area (Å²) in [5, 5.41) is 0. The fourth-order valence-electron chi connectivity index (χ4n) is 4.29. The molecule has 2 aromatic carbocycles. The smallest absolute Gasteiger partial charge is 0.00608 e. The highest BCUT2D eigenvalue weighted by molar-refractivity contribution is 5.73. The van der Waals surface area contributed by atoms with Gasteiger partial charge in [0, 0.05) is 0 Å². The van der Waals surface area contributed by atoms with Crippen LogP contribution in [-0.2, 0) is 19.3 Å². The van der Waals surface area contributed by atoms with Gasteiger partial charge in [-0.15, -0.1) is 0 Å². The van der Waals surface area contributed by atoms with Crippen molar-refractivity contribution in [3.8, 4) is 0 Å². The van der Waals surface area contributed by atoms with Gasteiger partial charge in [-0.25, -0.2) is 0 Å². The minimum absolute atomic E-state index is 0.333. The SMILES string of the molecule is C=C1c2ccccc2CC1C1(C)Cc2ccccc2C1.CC.CC. The average molecular weight is 321 g/mol. The Balaban J connectivity index is 0.000000487. The zero-order chi connectivity index (χ0) is 17.7. The first-order valence-corrected chi connectivity index (χ1v) is 9.51. The molecule has 0 aromatic heterocycles. The molecule has 0 bridgehead atoms. The molecule has 0 heterocycles. The average Bonchev–Trinajstić information content (AvgIpc) is 3.16. The van der Waals surface area contributed by atoms with E-state index >= 15 is 0 Å². The number of hydrogen-bond donors (Lipinski definition) is 0. The molecule has 4 rings (SSSR count). The standard InChI is InChI=1S/C20H20.2C2H6/c1-14-18-10-6-5-7-15(18)11-19(14)20(2)12-16-8-3-4-9-17(16)13-20;2*1-2/h3-10,19H,1,11-13H2,2H3;2*1-2H3. The molecule has 0 radical (unpaired) electrons. The molecule has 0 spiro atoms. The molecule has 2 aromatic rings. The van der Waals surface area contributed by atoms with E-state index in [4.69, 9.17) is 0 Å². The Bertz CT molecular complexity index is 668. The van der Waals surface area contributed by atoms with Gasteiger partial charge in [0.25, 0.3) is 0 Å². The van der Waals surface area contributed by atoms with Crippen molar-refractivity contribution < 1.29 is 0 Å². The maximum absolute atomic E-state index is 4.43. The van der Waals surface area contributed by atoms with Crippen LogP contribution < -0.4 is 0 Å². The molecule has 2 aliphatic rings. The first-order valence-electron chi connectivity index (χ1n) is 9.51.